The highest BCUT2D eigenvalue weighted by molar-refractivity contribution is 9.09. The molecule has 0 saturated heterocycles. The second kappa shape index (κ2) is 3.88. The van der Waals surface area contributed by atoms with E-state index in [0.29, 0.717) is 5.56 Å². The van der Waals surface area contributed by atoms with E-state index in [1.807, 2.05) is 0 Å². The molecule has 0 radical (unpaired) electrons. The number of benzene rings is 1. The Labute approximate surface area is 86.8 Å². The lowest BCUT2D eigenvalue weighted by Crippen LogP contribution is -2.04. The Morgan fingerprint density at radius 2 is 1.92 bits per heavy atom. The van der Waals surface area contributed by atoms with E-state index in [0.717, 1.165) is 12.1 Å². The second-order valence-corrected chi connectivity index (χ2v) is 4.30. The van der Waals surface area contributed by atoms with E-state index in [4.69, 9.17) is 11.6 Å². The maximum Gasteiger partial charge on any atom is 0.416 e. The van der Waals surface area contributed by atoms with Gasteiger partial charge in [-0.1, -0.05) is 28.1 Å². The predicted molar refractivity (Wildman–Crippen MR) is 49.0 cm³/mol. The van der Waals surface area contributed by atoms with Gasteiger partial charge in [-0.15, -0.1) is 11.6 Å². The quantitative estimate of drug-likeness (QED) is 0.668. The second-order valence-electron chi connectivity index (χ2n) is 2.42. The lowest BCUT2D eigenvalue weighted by atomic mass is 10.1. The molecule has 1 atom stereocenters. The SMILES string of the molecule is FC(F)(F)c1cccc(C(Cl)Br)c1. The number of halogens is 5. The Bertz CT molecular complexity index is 296. The fraction of sp³-hybridized carbons (Fsp3) is 0.250. The Kier molecular flexibility index (Phi) is 3.24. The fourth-order valence-corrected chi connectivity index (χ4v) is 1.27. The molecular weight excluding hydrogens is 268 g/mol. The van der Waals surface area contributed by atoms with Gasteiger partial charge in [0.05, 0.1) is 5.56 Å². The van der Waals surface area contributed by atoms with Crippen molar-refractivity contribution in [1.29, 1.82) is 0 Å². The molecule has 13 heavy (non-hydrogen) atoms. The van der Waals surface area contributed by atoms with Crippen LogP contribution in [0.15, 0.2) is 24.3 Å². The Hall–Kier alpha value is -0.220. The van der Waals surface area contributed by atoms with Gasteiger partial charge in [0.2, 0.25) is 0 Å². The van der Waals surface area contributed by atoms with E-state index in [1.54, 1.807) is 0 Å². The van der Waals surface area contributed by atoms with Crippen molar-refractivity contribution >= 4 is 27.5 Å². The molecule has 0 spiro atoms. The molecule has 72 valence electrons. The van der Waals surface area contributed by atoms with Gasteiger partial charge in [-0.3, -0.25) is 0 Å². The first-order valence-corrected chi connectivity index (χ1v) is 4.72. The van der Waals surface area contributed by atoms with E-state index in [2.05, 4.69) is 15.9 Å². The molecule has 0 bridgehead atoms. The minimum Gasteiger partial charge on any atom is -0.166 e. The van der Waals surface area contributed by atoms with Crippen molar-refractivity contribution in [3.63, 3.8) is 0 Å². The molecule has 0 fully saturated rings. The average molecular weight is 273 g/mol. The van der Waals surface area contributed by atoms with Crippen LogP contribution in [0.5, 0.6) is 0 Å². The highest BCUT2D eigenvalue weighted by atomic mass is 79.9. The summed E-state index contributed by atoms with van der Waals surface area (Å²) >= 11 is 8.56. The summed E-state index contributed by atoms with van der Waals surface area (Å²) in [5.74, 6) is 0. The summed E-state index contributed by atoms with van der Waals surface area (Å²) in [7, 11) is 0. The third kappa shape index (κ3) is 2.88. The van der Waals surface area contributed by atoms with E-state index < -0.39 is 16.0 Å². The van der Waals surface area contributed by atoms with Crippen LogP contribution >= 0.6 is 27.5 Å². The zero-order valence-electron chi connectivity index (χ0n) is 6.28. The fourth-order valence-electron chi connectivity index (χ4n) is 0.851. The van der Waals surface area contributed by atoms with Crippen molar-refractivity contribution in [1.82, 2.24) is 0 Å². The molecule has 0 aliphatic carbocycles. The summed E-state index contributed by atoms with van der Waals surface area (Å²) in [4.78, 5) is 0. The summed E-state index contributed by atoms with van der Waals surface area (Å²) < 4.78 is 35.9. The van der Waals surface area contributed by atoms with Gasteiger partial charge in [0.1, 0.15) is 4.29 Å². The van der Waals surface area contributed by atoms with Crippen molar-refractivity contribution in [3.8, 4) is 0 Å². The van der Waals surface area contributed by atoms with Crippen molar-refractivity contribution in [2.45, 2.75) is 10.5 Å². The predicted octanol–water partition coefficient (Wildman–Crippen LogP) is 4.34. The van der Waals surface area contributed by atoms with Crippen LogP contribution in [0.3, 0.4) is 0 Å². The third-order valence-corrected chi connectivity index (χ3v) is 2.25. The van der Waals surface area contributed by atoms with Crippen LogP contribution in [0.25, 0.3) is 0 Å². The van der Waals surface area contributed by atoms with Gasteiger partial charge in [-0.2, -0.15) is 13.2 Å². The largest absolute Gasteiger partial charge is 0.416 e. The van der Waals surface area contributed by atoms with Crippen molar-refractivity contribution in [3.05, 3.63) is 35.4 Å². The van der Waals surface area contributed by atoms with Gasteiger partial charge >= 0.3 is 6.18 Å². The zero-order chi connectivity index (χ0) is 10.1. The van der Waals surface area contributed by atoms with Gasteiger partial charge < -0.3 is 0 Å². The topological polar surface area (TPSA) is 0 Å². The van der Waals surface area contributed by atoms with Gasteiger partial charge in [-0.25, -0.2) is 0 Å². The highest BCUT2D eigenvalue weighted by Crippen LogP contribution is 2.33. The molecule has 0 N–H and O–H groups in total. The van der Waals surface area contributed by atoms with Crippen molar-refractivity contribution in [2.75, 3.05) is 0 Å². The summed E-state index contributed by atoms with van der Waals surface area (Å²) in [6.45, 7) is 0. The van der Waals surface area contributed by atoms with Gasteiger partial charge in [0.25, 0.3) is 0 Å². The van der Waals surface area contributed by atoms with Gasteiger partial charge in [0.15, 0.2) is 0 Å². The van der Waals surface area contributed by atoms with E-state index in [1.165, 1.54) is 12.1 Å². The van der Waals surface area contributed by atoms with Crippen LogP contribution in [0.1, 0.15) is 15.4 Å². The molecule has 0 aliphatic rings. The standard InChI is InChI=1S/C8H5BrClF3/c9-7(10)5-2-1-3-6(4-5)8(11,12)13/h1-4,7H. The zero-order valence-corrected chi connectivity index (χ0v) is 8.62. The number of hydrogen-bond donors (Lipinski definition) is 0. The van der Waals surface area contributed by atoms with Gasteiger partial charge in [-0.05, 0) is 17.7 Å². The summed E-state index contributed by atoms with van der Waals surface area (Å²) in [5, 5.41) is 0. The van der Waals surface area contributed by atoms with Crippen LogP contribution in [0, 0.1) is 0 Å². The smallest absolute Gasteiger partial charge is 0.166 e. The van der Waals surface area contributed by atoms with Crippen LogP contribution < -0.4 is 0 Å². The Morgan fingerprint density at radius 1 is 1.31 bits per heavy atom. The molecule has 0 nitrogen and oxygen atoms in total. The van der Waals surface area contributed by atoms with E-state index in [9.17, 15) is 13.2 Å². The molecule has 0 amide bonds. The Morgan fingerprint density at radius 3 is 2.38 bits per heavy atom. The summed E-state index contributed by atoms with van der Waals surface area (Å²) in [5.41, 5.74) is -0.286. The first-order chi connectivity index (χ1) is 5.91. The molecule has 5 heteroatoms. The monoisotopic (exact) mass is 272 g/mol. The Balaban J connectivity index is 3.06. The first kappa shape index (κ1) is 10.9. The minimum atomic E-state index is -4.31. The lowest BCUT2D eigenvalue weighted by Gasteiger charge is -2.08. The lowest BCUT2D eigenvalue weighted by molar-refractivity contribution is -0.137. The molecule has 1 rings (SSSR count). The molecule has 0 saturated carbocycles. The van der Waals surface area contributed by atoms with Crippen LogP contribution in [0.2, 0.25) is 0 Å². The van der Waals surface area contributed by atoms with Crippen molar-refractivity contribution < 1.29 is 13.2 Å². The molecule has 1 unspecified atom stereocenters. The molecule has 1 aromatic rings. The molecule has 0 aliphatic heterocycles. The number of hydrogen-bond acceptors (Lipinski definition) is 0. The van der Waals surface area contributed by atoms with Crippen LogP contribution in [-0.4, -0.2) is 0 Å². The highest BCUT2D eigenvalue weighted by Gasteiger charge is 2.30. The molecule has 1 aromatic carbocycles. The minimum absolute atomic E-state index is 0.400. The summed E-state index contributed by atoms with van der Waals surface area (Å²) in [6.07, 6.45) is -4.31. The molecule has 0 aromatic heterocycles. The molecule has 0 heterocycles. The van der Waals surface area contributed by atoms with E-state index in [-0.39, 0.29) is 0 Å². The first-order valence-electron chi connectivity index (χ1n) is 3.36. The average Bonchev–Trinajstić information content (AvgIpc) is 2.03. The third-order valence-electron chi connectivity index (χ3n) is 1.47. The maximum atomic E-state index is 12.2. The van der Waals surface area contributed by atoms with Gasteiger partial charge in [0, 0.05) is 0 Å². The summed E-state index contributed by atoms with van der Waals surface area (Å²) in [6, 6.07) is 4.89. The number of rotatable bonds is 1. The van der Waals surface area contributed by atoms with Crippen LogP contribution in [-0.2, 0) is 6.18 Å². The maximum absolute atomic E-state index is 12.2. The molecular formula is C8H5BrClF3. The van der Waals surface area contributed by atoms with Crippen molar-refractivity contribution in [2.24, 2.45) is 0 Å². The van der Waals surface area contributed by atoms with E-state index >= 15 is 0 Å². The normalized spacial score (nSPS) is 14.2. The number of alkyl halides is 5. The van der Waals surface area contributed by atoms with Crippen LogP contribution in [0.4, 0.5) is 13.2 Å².